The first-order chi connectivity index (χ1) is 6.72. The van der Waals surface area contributed by atoms with Gasteiger partial charge in [-0.05, 0) is 25.1 Å². The monoisotopic (exact) mass is 194 g/mol. The number of halogens is 1. The van der Waals surface area contributed by atoms with Crippen molar-refractivity contribution in [2.45, 2.75) is 12.5 Å². The molecule has 0 spiro atoms. The van der Waals surface area contributed by atoms with E-state index in [0.29, 0.717) is 12.1 Å². The van der Waals surface area contributed by atoms with Crippen molar-refractivity contribution in [3.8, 4) is 0 Å². The second-order valence-corrected chi connectivity index (χ2v) is 3.31. The second kappa shape index (κ2) is 3.38. The average molecular weight is 194 g/mol. The zero-order valence-electron chi connectivity index (χ0n) is 7.80. The maximum Gasteiger partial charge on any atom is 0.241 e. The molecule has 1 aromatic rings. The van der Waals surface area contributed by atoms with Gasteiger partial charge in [0.05, 0.1) is 11.7 Å². The third-order valence-electron chi connectivity index (χ3n) is 2.44. The Bertz CT molecular complexity index is 378. The van der Waals surface area contributed by atoms with Crippen molar-refractivity contribution in [3.63, 3.8) is 0 Å². The van der Waals surface area contributed by atoms with Crippen LogP contribution < -0.4 is 10.6 Å². The molecule has 1 aliphatic heterocycles. The third-order valence-corrected chi connectivity index (χ3v) is 2.44. The summed E-state index contributed by atoms with van der Waals surface area (Å²) in [5, 5.41) is 5.43. The fourth-order valence-corrected chi connectivity index (χ4v) is 1.63. The van der Waals surface area contributed by atoms with E-state index in [1.165, 1.54) is 6.07 Å². The Hall–Kier alpha value is -1.42. The number of carbonyl (C=O) groups excluding carboxylic acids is 1. The molecule has 0 saturated carbocycles. The van der Waals surface area contributed by atoms with Crippen molar-refractivity contribution in [1.29, 1.82) is 0 Å². The van der Waals surface area contributed by atoms with Gasteiger partial charge in [-0.2, -0.15) is 0 Å². The van der Waals surface area contributed by atoms with E-state index < -0.39 is 0 Å². The van der Waals surface area contributed by atoms with Gasteiger partial charge in [0, 0.05) is 0 Å². The predicted molar refractivity (Wildman–Crippen MR) is 51.6 cm³/mol. The SMILES string of the molecule is CNC1Cc2cccc(F)c2NC1=O. The second-order valence-electron chi connectivity index (χ2n) is 3.31. The number of anilines is 1. The van der Waals surface area contributed by atoms with Gasteiger partial charge < -0.3 is 10.6 Å². The minimum atomic E-state index is -0.370. The number of rotatable bonds is 1. The average Bonchev–Trinajstić information content (AvgIpc) is 2.19. The quantitative estimate of drug-likeness (QED) is 0.697. The zero-order chi connectivity index (χ0) is 10.1. The van der Waals surface area contributed by atoms with Gasteiger partial charge in [0.15, 0.2) is 0 Å². The van der Waals surface area contributed by atoms with E-state index >= 15 is 0 Å². The van der Waals surface area contributed by atoms with Crippen LogP contribution in [0.15, 0.2) is 18.2 Å². The molecule has 74 valence electrons. The molecule has 14 heavy (non-hydrogen) atoms. The number of hydrogen-bond acceptors (Lipinski definition) is 2. The summed E-state index contributed by atoms with van der Waals surface area (Å²) < 4.78 is 13.2. The van der Waals surface area contributed by atoms with Crippen LogP contribution in [0.25, 0.3) is 0 Å². The number of nitrogens with one attached hydrogen (secondary N) is 2. The highest BCUT2D eigenvalue weighted by Crippen LogP contribution is 2.25. The van der Waals surface area contributed by atoms with Crippen molar-refractivity contribution in [2.24, 2.45) is 0 Å². The topological polar surface area (TPSA) is 41.1 Å². The van der Waals surface area contributed by atoms with E-state index in [1.807, 2.05) is 6.07 Å². The van der Waals surface area contributed by atoms with Gasteiger partial charge in [-0.25, -0.2) is 4.39 Å². The van der Waals surface area contributed by atoms with E-state index in [2.05, 4.69) is 10.6 Å². The molecular formula is C10H11FN2O. The van der Waals surface area contributed by atoms with Gasteiger partial charge in [0.2, 0.25) is 5.91 Å². The summed E-state index contributed by atoms with van der Waals surface area (Å²) in [6, 6.07) is 4.56. The first-order valence-corrected chi connectivity index (χ1v) is 4.48. The van der Waals surface area contributed by atoms with Gasteiger partial charge in [-0.15, -0.1) is 0 Å². The van der Waals surface area contributed by atoms with E-state index in [9.17, 15) is 9.18 Å². The highest BCUT2D eigenvalue weighted by atomic mass is 19.1. The summed E-state index contributed by atoms with van der Waals surface area (Å²) in [6.07, 6.45) is 0.537. The van der Waals surface area contributed by atoms with Crippen LogP contribution >= 0.6 is 0 Å². The summed E-state index contributed by atoms with van der Waals surface area (Å²) >= 11 is 0. The lowest BCUT2D eigenvalue weighted by Gasteiger charge is -2.24. The largest absolute Gasteiger partial charge is 0.322 e. The molecular weight excluding hydrogens is 183 g/mol. The molecule has 0 aromatic heterocycles. The molecule has 1 aliphatic rings. The first-order valence-electron chi connectivity index (χ1n) is 4.48. The van der Waals surface area contributed by atoms with Gasteiger partial charge >= 0.3 is 0 Å². The Morgan fingerprint density at radius 3 is 3.07 bits per heavy atom. The van der Waals surface area contributed by atoms with Crippen molar-refractivity contribution in [1.82, 2.24) is 5.32 Å². The Labute approximate surface area is 81.3 Å². The minimum Gasteiger partial charge on any atom is -0.322 e. The molecule has 3 nitrogen and oxygen atoms in total. The summed E-state index contributed by atoms with van der Waals surface area (Å²) in [5.74, 6) is -0.546. The lowest BCUT2D eigenvalue weighted by molar-refractivity contribution is -0.118. The van der Waals surface area contributed by atoms with Crippen LogP contribution in [0.5, 0.6) is 0 Å². The molecule has 1 unspecified atom stereocenters. The predicted octanol–water partition coefficient (Wildman–Crippen LogP) is 0.908. The molecule has 1 heterocycles. The Morgan fingerprint density at radius 2 is 2.36 bits per heavy atom. The third kappa shape index (κ3) is 1.37. The number of para-hydroxylation sites is 1. The van der Waals surface area contributed by atoms with Crippen LogP contribution in [0.1, 0.15) is 5.56 Å². The van der Waals surface area contributed by atoms with Crippen LogP contribution in [0.4, 0.5) is 10.1 Å². The standard InChI is InChI=1S/C10H11FN2O/c1-12-8-5-6-3-2-4-7(11)9(6)13-10(8)14/h2-4,8,12H,5H2,1H3,(H,13,14). The summed E-state index contributed by atoms with van der Waals surface area (Å²) in [6.45, 7) is 0. The first kappa shape index (κ1) is 9.15. The molecule has 1 aromatic carbocycles. The molecule has 4 heteroatoms. The van der Waals surface area contributed by atoms with Gasteiger partial charge in [-0.3, -0.25) is 4.79 Å². The number of amides is 1. The maximum absolute atomic E-state index is 13.2. The van der Waals surface area contributed by atoms with Gasteiger partial charge in [-0.1, -0.05) is 12.1 Å². The van der Waals surface area contributed by atoms with Gasteiger partial charge in [0.1, 0.15) is 5.82 Å². The fraction of sp³-hybridized carbons (Fsp3) is 0.300. The van der Waals surface area contributed by atoms with Crippen molar-refractivity contribution >= 4 is 11.6 Å². The van der Waals surface area contributed by atoms with Crippen LogP contribution in [0.2, 0.25) is 0 Å². The molecule has 0 radical (unpaired) electrons. The highest BCUT2D eigenvalue weighted by molar-refractivity contribution is 5.98. The summed E-state index contributed by atoms with van der Waals surface area (Å²) in [4.78, 5) is 11.4. The number of carbonyl (C=O) groups is 1. The van der Waals surface area contributed by atoms with Crippen LogP contribution in [0, 0.1) is 5.82 Å². The molecule has 1 atom stereocenters. The number of benzene rings is 1. The lowest BCUT2D eigenvalue weighted by Crippen LogP contribution is -2.43. The van der Waals surface area contributed by atoms with E-state index in [4.69, 9.17) is 0 Å². The van der Waals surface area contributed by atoms with E-state index in [1.54, 1.807) is 13.1 Å². The normalized spacial score (nSPS) is 20.1. The summed E-state index contributed by atoms with van der Waals surface area (Å²) in [7, 11) is 1.72. The Kier molecular flexibility index (Phi) is 2.21. The lowest BCUT2D eigenvalue weighted by atomic mass is 9.99. The van der Waals surface area contributed by atoms with Crippen LogP contribution in [0.3, 0.4) is 0 Å². The zero-order valence-corrected chi connectivity index (χ0v) is 7.80. The number of fused-ring (bicyclic) bond motifs is 1. The Morgan fingerprint density at radius 1 is 1.57 bits per heavy atom. The molecule has 0 bridgehead atoms. The molecule has 0 saturated heterocycles. The molecule has 2 rings (SSSR count). The molecule has 0 aliphatic carbocycles. The number of likely N-dealkylation sites (N-methyl/N-ethyl adjacent to an activating group) is 1. The summed E-state index contributed by atoms with van der Waals surface area (Å²) in [5.41, 5.74) is 1.16. The van der Waals surface area contributed by atoms with Crippen molar-refractivity contribution < 1.29 is 9.18 Å². The van der Waals surface area contributed by atoms with Crippen molar-refractivity contribution in [3.05, 3.63) is 29.6 Å². The van der Waals surface area contributed by atoms with E-state index in [-0.39, 0.29) is 17.8 Å². The number of hydrogen-bond donors (Lipinski definition) is 2. The Balaban J connectivity index is 2.40. The fourth-order valence-electron chi connectivity index (χ4n) is 1.63. The highest BCUT2D eigenvalue weighted by Gasteiger charge is 2.26. The van der Waals surface area contributed by atoms with Crippen LogP contribution in [-0.2, 0) is 11.2 Å². The van der Waals surface area contributed by atoms with Gasteiger partial charge in [0.25, 0.3) is 0 Å². The molecule has 0 fully saturated rings. The van der Waals surface area contributed by atoms with E-state index in [0.717, 1.165) is 5.56 Å². The molecule has 2 N–H and O–H groups in total. The smallest absolute Gasteiger partial charge is 0.241 e. The minimum absolute atomic E-state index is 0.176. The van der Waals surface area contributed by atoms with Crippen molar-refractivity contribution in [2.75, 3.05) is 12.4 Å². The molecule has 1 amide bonds. The van der Waals surface area contributed by atoms with Crippen LogP contribution in [-0.4, -0.2) is 19.0 Å². The maximum atomic E-state index is 13.2.